The molecule has 0 aromatic heterocycles. The molecule has 0 amide bonds. The highest BCUT2D eigenvalue weighted by atomic mass is 32.9. The molecule has 0 radical (unpaired) electrons. The van der Waals surface area contributed by atoms with E-state index in [0.717, 1.165) is 0 Å². The van der Waals surface area contributed by atoms with Gasteiger partial charge >= 0.3 is 19.4 Å². The van der Waals surface area contributed by atoms with Gasteiger partial charge in [0.2, 0.25) is 4.90 Å². The van der Waals surface area contributed by atoms with Gasteiger partial charge < -0.3 is 5.73 Å². The van der Waals surface area contributed by atoms with Gasteiger partial charge in [0.25, 0.3) is 0 Å². The smallest absolute Gasteiger partial charge is 0.399 e. The quantitative estimate of drug-likeness (QED) is 0.470. The van der Waals surface area contributed by atoms with E-state index in [0.29, 0.717) is 20.9 Å². The number of rotatable bonds is 1. The Morgan fingerprint density at radius 1 is 1.25 bits per heavy atom. The molecular weight excluding hydrogens is 198 g/mol. The van der Waals surface area contributed by atoms with Gasteiger partial charge in [-0.1, -0.05) is 0 Å². The molecular formula is C6H8NO3S2+. The lowest BCUT2D eigenvalue weighted by molar-refractivity contribution is 0.450. The molecule has 0 aliphatic rings. The van der Waals surface area contributed by atoms with E-state index >= 15 is 0 Å². The van der Waals surface area contributed by atoms with Gasteiger partial charge in [-0.3, -0.25) is 9.11 Å². The van der Waals surface area contributed by atoms with E-state index in [4.69, 9.17) is 14.8 Å². The molecule has 1 aromatic rings. The van der Waals surface area contributed by atoms with Gasteiger partial charge in [0.15, 0.2) is 0 Å². The van der Waals surface area contributed by atoms with E-state index < -0.39 is 9.05 Å². The standard InChI is InChI=1S/C6H7NO3S2/c7-5-1-3-6(4-2-5)11-12(8,9)10/h1-4H,7H2,(H-,8,9,10)/p+1. The predicted octanol–water partition coefficient (Wildman–Crippen LogP) is 0.856. The molecule has 4 nitrogen and oxygen atoms in total. The lowest BCUT2D eigenvalue weighted by Crippen LogP contribution is -1.95. The van der Waals surface area contributed by atoms with E-state index in [2.05, 4.69) is 0 Å². The summed E-state index contributed by atoms with van der Waals surface area (Å²) in [6.45, 7) is 0. The fourth-order valence-electron chi connectivity index (χ4n) is 0.649. The zero-order valence-corrected chi connectivity index (χ0v) is 7.64. The third-order valence-electron chi connectivity index (χ3n) is 1.08. The second-order valence-corrected chi connectivity index (χ2v) is 5.44. The lowest BCUT2D eigenvalue weighted by atomic mass is 10.3. The molecule has 0 spiro atoms. The number of nitrogens with two attached hydrogens (primary N) is 1. The Balaban J connectivity index is 3.08. The topological polar surface area (TPSA) is 83.6 Å². The van der Waals surface area contributed by atoms with Crippen molar-refractivity contribution >= 4 is 25.1 Å². The van der Waals surface area contributed by atoms with Crippen molar-refractivity contribution in [2.45, 2.75) is 4.90 Å². The van der Waals surface area contributed by atoms with Crippen LogP contribution in [0.1, 0.15) is 0 Å². The fraction of sp³-hybridized carbons (Fsp3) is 0. The van der Waals surface area contributed by atoms with Gasteiger partial charge in [-0.25, -0.2) is 0 Å². The summed E-state index contributed by atoms with van der Waals surface area (Å²) in [5, 5.41) is 0. The lowest BCUT2D eigenvalue weighted by Gasteiger charge is -1.85. The summed E-state index contributed by atoms with van der Waals surface area (Å²) in [5.41, 5.74) is 5.96. The molecule has 6 heteroatoms. The molecule has 4 N–H and O–H groups in total. The Hall–Kier alpha value is -0.690. The van der Waals surface area contributed by atoms with Crippen LogP contribution >= 0.6 is 0 Å². The second kappa shape index (κ2) is 3.36. The largest absolute Gasteiger partial charge is 0.436 e. The molecule has 0 aliphatic heterocycles. The number of anilines is 1. The van der Waals surface area contributed by atoms with E-state index in [-0.39, 0.29) is 0 Å². The van der Waals surface area contributed by atoms with Gasteiger partial charge in [0, 0.05) is 17.8 Å². The van der Waals surface area contributed by atoms with Crippen molar-refractivity contribution in [1.29, 1.82) is 0 Å². The minimum Gasteiger partial charge on any atom is -0.399 e. The SMILES string of the molecule is Nc1ccc([S+]=S(=O)(O)O)cc1. The Kier molecular flexibility index (Phi) is 2.63. The summed E-state index contributed by atoms with van der Waals surface area (Å²) in [6.07, 6.45) is 0. The van der Waals surface area contributed by atoms with Crippen LogP contribution in [0.3, 0.4) is 0 Å². The number of nitrogen functional groups attached to an aromatic ring is 1. The maximum absolute atomic E-state index is 10.5. The predicted molar refractivity (Wildman–Crippen MR) is 49.9 cm³/mol. The second-order valence-electron chi connectivity index (χ2n) is 2.10. The highest BCUT2D eigenvalue weighted by Crippen LogP contribution is 2.06. The summed E-state index contributed by atoms with van der Waals surface area (Å²) >= 11 is 0. The van der Waals surface area contributed by atoms with E-state index in [1.165, 1.54) is 0 Å². The fourth-order valence-corrected chi connectivity index (χ4v) is 2.23. The summed E-state index contributed by atoms with van der Waals surface area (Å²) in [5.74, 6) is 0. The van der Waals surface area contributed by atoms with Crippen LogP contribution in [0.15, 0.2) is 29.2 Å². The van der Waals surface area contributed by atoms with Crippen LogP contribution in [-0.4, -0.2) is 13.3 Å². The maximum Gasteiger partial charge on any atom is 0.436 e. The first-order valence-electron chi connectivity index (χ1n) is 3.01. The van der Waals surface area contributed by atoms with Crippen LogP contribution in [0.25, 0.3) is 0 Å². The van der Waals surface area contributed by atoms with Crippen molar-refractivity contribution in [3.8, 4) is 0 Å². The van der Waals surface area contributed by atoms with Crippen LogP contribution in [-0.2, 0) is 19.4 Å². The normalized spacial score (nSPS) is 11.2. The zero-order chi connectivity index (χ0) is 9.19. The first-order valence-corrected chi connectivity index (χ1v) is 5.82. The molecule has 0 bridgehead atoms. The molecule has 0 heterocycles. The Morgan fingerprint density at radius 3 is 2.17 bits per heavy atom. The van der Waals surface area contributed by atoms with Crippen LogP contribution in [0.2, 0.25) is 0 Å². The van der Waals surface area contributed by atoms with Crippen LogP contribution < -0.4 is 5.73 Å². The van der Waals surface area contributed by atoms with Gasteiger partial charge in [0.1, 0.15) is 0 Å². The highest BCUT2D eigenvalue weighted by Gasteiger charge is 2.12. The van der Waals surface area contributed by atoms with Gasteiger partial charge in [-0.05, 0) is 12.1 Å². The third kappa shape index (κ3) is 3.14. The van der Waals surface area contributed by atoms with Crippen LogP contribution in [0.4, 0.5) is 5.69 Å². The summed E-state index contributed by atoms with van der Waals surface area (Å²) in [6, 6.07) is 6.30. The molecule has 12 heavy (non-hydrogen) atoms. The highest BCUT2D eigenvalue weighted by molar-refractivity contribution is 8.34. The van der Waals surface area contributed by atoms with Gasteiger partial charge in [-0.2, -0.15) is 4.21 Å². The molecule has 1 aromatic carbocycles. The average molecular weight is 206 g/mol. The molecule has 1 rings (SSSR count). The van der Waals surface area contributed by atoms with E-state index in [1.54, 1.807) is 24.3 Å². The molecule has 0 aliphatic carbocycles. The minimum atomic E-state index is -3.76. The van der Waals surface area contributed by atoms with Crippen molar-refractivity contribution in [2.24, 2.45) is 0 Å². The van der Waals surface area contributed by atoms with E-state index in [9.17, 15) is 4.21 Å². The van der Waals surface area contributed by atoms with Crippen molar-refractivity contribution in [1.82, 2.24) is 0 Å². The Bertz CT molecular complexity index is 370. The molecule has 0 saturated heterocycles. The van der Waals surface area contributed by atoms with Crippen LogP contribution in [0, 0.1) is 0 Å². The molecule has 0 unspecified atom stereocenters. The van der Waals surface area contributed by atoms with Gasteiger partial charge in [-0.15, -0.1) is 0 Å². The minimum absolute atomic E-state index is 0.493. The first-order chi connectivity index (χ1) is 5.47. The van der Waals surface area contributed by atoms with Gasteiger partial charge in [0.05, 0.1) is 0 Å². The maximum atomic E-state index is 10.5. The number of hydrogen-bond donors (Lipinski definition) is 3. The average Bonchev–Trinajstić information content (AvgIpc) is 1.91. The monoisotopic (exact) mass is 206 g/mol. The first kappa shape index (κ1) is 9.40. The van der Waals surface area contributed by atoms with Crippen molar-refractivity contribution < 1.29 is 13.3 Å². The summed E-state index contributed by atoms with van der Waals surface area (Å²) < 4.78 is 27.6. The molecule has 0 fully saturated rings. The zero-order valence-electron chi connectivity index (χ0n) is 6.01. The molecule has 66 valence electrons. The van der Waals surface area contributed by atoms with Crippen LogP contribution in [0.5, 0.6) is 0 Å². The Labute approximate surface area is 73.7 Å². The number of hydrogen-bond acceptors (Lipinski definition) is 2. The molecule has 0 atom stereocenters. The third-order valence-corrected chi connectivity index (χ3v) is 3.00. The molecule has 0 saturated carbocycles. The van der Waals surface area contributed by atoms with Crippen molar-refractivity contribution in [2.75, 3.05) is 5.73 Å². The summed E-state index contributed by atoms with van der Waals surface area (Å²) in [7, 11) is -3.27. The van der Waals surface area contributed by atoms with Crippen molar-refractivity contribution in [3.05, 3.63) is 24.3 Å². The number of benzene rings is 1. The van der Waals surface area contributed by atoms with E-state index in [1.807, 2.05) is 0 Å². The van der Waals surface area contributed by atoms with Crippen molar-refractivity contribution in [3.63, 3.8) is 0 Å². The Morgan fingerprint density at radius 2 is 1.75 bits per heavy atom. The summed E-state index contributed by atoms with van der Waals surface area (Å²) in [4.78, 5) is 0.499.